The van der Waals surface area contributed by atoms with Gasteiger partial charge in [-0.1, -0.05) is 25.1 Å². The first-order valence-corrected chi connectivity index (χ1v) is 6.21. The summed E-state index contributed by atoms with van der Waals surface area (Å²) in [4.78, 5) is 0. The van der Waals surface area contributed by atoms with Gasteiger partial charge in [0, 0.05) is 25.9 Å². The number of para-hydroxylation sites is 1. The Hall–Kier alpha value is -1.65. The van der Waals surface area contributed by atoms with Crippen LogP contribution in [0.15, 0.2) is 42.6 Å². The zero-order chi connectivity index (χ0) is 12.8. The van der Waals surface area contributed by atoms with E-state index in [2.05, 4.69) is 10.4 Å². The van der Waals surface area contributed by atoms with Gasteiger partial charge in [-0.25, -0.2) is 4.68 Å². The number of rotatable bonds is 6. The molecule has 0 spiro atoms. The maximum absolute atomic E-state index is 8.93. The van der Waals surface area contributed by atoms with E-state index in [-0.39, 0.29) is 12.5 Å². The van der Waals surface area contributed by atoms with E-state index in [9.17, 15) is 0 Å². The summed E-state index contributed by atoms with van der Waals surface area (Å²) >= 11 is 0. The fourth-order valence-corrected chi connectivity index (χ4v) is 1.69. The average molecular weight is 245 g/mol. The maximum atomic E-state index is 8.93. The van der Waals surface area contributed by atoms with Crippen molar-refractivity contribution in [3.8, 4) is 5.69 Å². The summed E-state index contributed by atoms with van der Waals surface area (Å²) < 4.78 is 1.87. The Bertz CT molecular complexity index is 467. The number of nitrogens with zero attached hydrogens (tertiary/aromatic N) is 2. The van der Waals surface area contributed by atoms with Gasteiger partial charge in [-0.2, -0.15) is 5.10 Å². The summed E-state index contributed by atoms with van der Waals surface area (Å²) in [7, 11) is 0. The summed E-state index contributed by atoms with van der Waals surface area (Å²) in [5.74, 6) is 0.279. The Kier molecular flexibility index (Phi) is 4.50. The molecule has 0 aliphatic heterocycles. The Morgan fingerprint density at radius 3 is 2.78 bits per heavy atom. The minimum atomic E-state index is 0.214. The van der Waals surface area contributed by atoms with E-state index in [0.717, 1.165) is 24.5 Å². The van der Waals surface area contributed by atoms with Crippen molar-refractivity contribution in [2.75, 3.05) is 13.2 Å². The molecular formula is C14H19N3O. The summed E-state index contributed by atoms with van der Waals surface area (Å²) in [6.45, 7) is 3.75. The molecule has 1 heterocycles. The lowest BCUT2D eigenvalue weighted by atomic mass is 10.2. The molecule has 0 aliphatic rings. The van der Waals surface area contributed by atoms with E-state index in [1.54, 1.807) is 0 Å². The Labute approximate surface area is 107 Å². The number of hydrogen-bond donors (Lipinski definition) is 2. The van der Waals surface area contributed by atoms with Crippen LogP contribution in [0.5, 0.6) is 0 Å². The molecule has 1 aromatic carbocycles. The SMILES string of the molecule is CC(CO)CNCc1ccn(-c2ccccc2)n1. The summed E-state index contributed by atoms with van der Waals surface area (Å²) in [6.07, 6.45) is 1.96. The number of aliphatic hydroxyl groups excluding tert-OH is 1. The highest BCUT2D eigenvalue weighted by Crippen LogP contribution is 2.06. The van der Waals surface area contributed by atoms with Crippen LogP contribution in [-0.4, -0.2) is 28.0 Å². The number of aliphatic hydroxyl groups is 1. The van der Waals surface area contributed by atoms with Crippen molar-refractivity contribution in [3.63, 3.8) is 0 Å². The van der Waals surface area contributed by atoms with Crippen LogP contribution < -0.4 is 5.32 Å². The standard InChI is InChI=1S/C14H19N3O/c1-12(11-18)9-15-10-13-7-8-17(16-13)14-5-3-2-4-6-14/h2-8,12,15,18H,9-11H2,1H3. The molecule has 0 saturated heterocycles. The van der Waals surface area contributed by atoms with Crippen LogP contribution in [0, 0.1) is 5.92 Å². The van der Waals surface area contributed by atoms with Crippen molar-refractivity contribution < 1.29 is 5.11 Å². The zero-order valence-corrected chi connectivity index (χ0v) is 10.6. The maximum Gasteiger partial charge on any atom is 0.0766 e. The molecule has 1 aromatic heterocycles. The molecule has 18 heavy (non-hydrogen) atoms. The van der Waals surface area contributed by atoms with Crippen LogP contribution >= 0.6 is 0 Å². The van der Waals surface area contributed by atoms with Crippen molar-refractivity contribution in [1.29, 1.82) is 0 Å². The van der Waals surface area contributed by atoms with Crippen LogP contribution in [-0.2, 0) is 6.54 Å². The molecule has 1 unspecified atom stereocenters. The highest BCUT2D eigenvalue weighted by Gasteiger charge is 2.02. The van der Waals surface area contributed by atoms with Crippen LogP contribution in [0.4, 0.5) is 0 Å². The summed E-state index contributed by atoms with van der Waals surface area (Å²) in [5.41, 5.74) is 2.07. The molecule has 0 fully saturated rings. The Morgan fingerprint density at radius 1 is 1.28 bits per heavy atom. The molecular weight excluding hydrogens is 226 g/mol. The normalized spacial score (nSPS) is 12.6. The lowest BCUT2D eigenvalue weighted by Crippen LogP contribution is -2.23. The van der Waals surface area contributed by atoms with Gasteiger partial charge < -0.3 is 10.4 Å². The van der Waals surface area contributed by atoms with Gasteiger partial charge in [-0.3, -0.25) is 0 Å². The monoisotopic (exact) mass is 245 g/mol. The largest absolute Gasteiger partial charge is 0.396 e. The van der Waals surface area contributed by atoms with Crippen LogP contribution in [0.3, 0.4) is 0 Å². The third-order valence-electron chi connectivity index (χ3n) is 2.78. The van der Waals surface area contributed by atoms with Gasteiger partial charge in [0.1, 0.15) is 0 Å². The van der Waals surface area contributed by atoms with Crippen LogP contribution in [0.25, 0.3) is 5.69 Å². The molecule has 2 N–H and O–H groups in total. The van der Waals surface area contributed by atoms with Crippen molar-refractivity contribution in [2.24, 2.45) is 5.92 Å². The van der Waals surface area contributed by atoms with E-state index in [4.69, 9.17) is 5.11 Å². The molecule has 4 nitrogen and oxygen atoms in total. The molecule has 1 atom stereocenters. The topological polar surface area (TPSA) is 50.1 Å². The third kappa shape index (κ3) is 3.42. The fraction of sp³-hybridized carbons (Fsp3) is 0.357. The Morgan fingerprint density at radius 2 is 2.06 bits per heavy atom. The molecule has 2 rings (SSSR count). The molecule has 2 aromatic rings. The van der Waals surface area contributed by atoms with E-state index < -0.39 is 0 Å². The molecule has 0 amide bonds. The molecule has 0 aliphatic carbocycles. The lowest BCUT2D eigenvalue weighted by molar-refractivity contribution is 0.233. The minimum Gasteiger partial charge on any atom is -0.396 e. The quantitative estimate of drug-likeness (QED) is 0.812. The van der Waals surface area contributed by atoms with Crippen LogP contribution in [0.1, 0.15) is 12.6 Å². The minimum absolute atomic E-state index is 0.214. The predicted octanol–water partition coefficient (Wildman–Crippen LogP) is 1.59. The van der Waals surface area contributed by atoms with E-state index >= 15 is 0 Å². The van der Waals surface area contributed by atoms with Crippen molar-refractivity contribution in [2.45, 2.75) is 13.5 Å². The fourth-order valence-electron chi connectivity index (χ4n) is 1.69. The second-order valence-electron chi connectivity index (χ2n) is 4.51. The molecule has 0 bridgehead atoms. The molecule has 0 saturated carbocycles. The zero-order valence-electron chi connectivity index (χ0n) is 10.6. The smallest absolute Gasteiger partial charge is 0.0766 e. The van der Waals surface area contributed by atoms with E-state index in [1.807, 2.05) is 54.2 Å². The molecule has 96 valence electrons. The van der Waals surface area contributed by atoms with Gasteiger partial charge >= 0.3 is 0 Å². The van der Waals surface area contributed by atoms with E-state index in [0.29, 0.717) is 0 Å². The highest BCUT2D eigenvalue weighted by atomic mass is 16.3. The first kappa shape index (κ1) is 12.8. The van der Waals surface area contributed by atoms with Gasteiger partial charge in [0.05, 0.1) is 11.4 Å². The number of hydrogen-bond acceptors (Lipinski definition) is 3. The second kappa shape index (κ2) is 6.33. The first-order chi connectivity index (χ1) is 8.79. The number of benzene rings is 1. The van der Waals surface area contributed by atoms with Gasteiger partial charge in [-0.15, -0.1) is 0 Å². The summed E-state index contributed by atoms with van der Waals surface area (Å²) in [6, 6.07) is 12.0. The van der Waals surface area contributed by atoms with Gasteiger partial charge in [-0.05, 0) is 24.1 Å². The van der Waals surface area contributed by atoms with Crippen LogP contribution in [0.2, 0.25) is 0 Å². The van der Waals surface area contributed by atoms with Crippen molar-refractivity contribution in [3.05, 3.63) is 48.3 Å². The lowest BCUT2D eigenvalue weighted by Gasteiger charge is -2.07. The van der Waals surface area contributed by atoms with Gasteiger partial charge in [0.2, 0.25) is 0 Å². The van der Waals surface area contributed by atoms with Crippen molar-refractivity contribution in [1.82, 2.24) is 15.1 Å². The average Bonchev–Trinajstić information content (AvgIpc) is 2.88. The second-order valence-corrected chi connectivity index (χ2v) is 4.51. The number of nitrogens with one attached hydrogen (secondary N) is 1. The number of aromatic nitrogens is 2. The third-order valence-corrected chi connectivity index (χ3v) is 2.78. The molecule has 0 radical (unpaired) electrons. The Balaban J connectivity index is 1.91. The summed E-state index contributed by atoms with van der Waals surface area (Å²) in [5, 5.41) is 16.7. The van der Waals surface area contributed by atoms with E-state index in [1.165, 1.54) is 0 Å². The highest BCUT2D eigenvalue weighted by molar-refractivity contribution is 5.30. The molecule has 4 heteroatoms. The van der Waals surface area contributed by atoms with Gasteiger partial charge in [0.15, 0.2) is 0 Å². The predicted molar refractivity (Wildman–Crippen MR) is 71.5 cm³/mol. The van der Waals surface area contributed by atoms with Gasteiger partial charge in [0.25, 0.3) is 0 Å². The van der Waals surface area contributed by atoms with Crippen molar-refractivity contribution >= 4 is 0 Å². The first-order valence-electron chi connectivity index (χ1n) is 6.21.